The number of aromatic nitrogens is 1. The molecule has 1 aromatic carbocycles. The van der Waals surface area contributed by atoms with E-state index in [0.29, 0.717) is 0 Å². The number of hydrogen-bond donors (Lipinski definition) is 2. The highest BCUT2D eigenvalue weighted by Gasteiger charge is 2.31. The number of halogens is 1. The highest BCUT2D eigenvalue weighted by molar-refractivity contribution is 5.98. The Labute approximate surface area is 144 Å². The first-order valence-corrected chi connectivity index (χ1v) is 7.89. The zero-order valence-electron chi connectivity index (χ0n) is 13.6. The Hall–Kier alpha value is -2.80. The summed E-state index contributed by atoms with van der Waals surface area (Å²) in [4.78, 5) is 29.9. The summed E-state index contributed by atoms with van der Waals surface area (Å²) < 4.78 is 13.4. The second-order valence-electron chi connectivity index (χ2n) is 6.13. The van der Waals surface area contributed by atoms with Crippen LogP contribution in [0.25, 0.3) is 0 Å². The molecule has 0 bridgehead atoms. The predicted molar refractivity (Wildman–Crippen MR) is 88.3 cm³/mol. The summed E-state index contributed by atoms with van der Waals surface area (Å²) in [6.45, 7) is 0. The van der Waals surface area contributed by atoms with Crippen molar-refractivity contribution >= 4 is 11.8 Å². The highest BCUT2D eigenvalue weighted by atomic mass is 19.1. The number of benzene rings is 1. The fraction of sp³-hybridized carbons (Fsp3) is 0.278. The fourth-order valence-electron chi connectivity index (χ4n) is 2.60. The van der Waals surface area contributed by atoms with E-state index in [-0.39, 0.29) is 34.5 Å². The summed E-state index contributed by atoms with van der Waals surface area (Å²) in [5.74, 6) is -1.59. The lowest BCUT2D eigenvalue weighted by Crippen LogP contribution is -2.30. The third-order valence-corrected chi connectivity index (χ3v) is 4.21. The van der Waals surface area contributed by atoms with Crippen LogP contribution in [0.4, 0.5) is 4.39 Å². The van der Waals surface area contributed by atoms with E-state index in [1.165, 1.54) is 36.4 Å². The predicted octanol–water partition coefficient (Wildman–Crippen LogP) is 1.64. The average Bonchev–Trinajstić information content (AvgIpc) is 3.44. The molecule has 1 heterocycles. The van der Waals surface area contributed by atoms with Crippen molar-refractivity contribution in [2.45, 2.75) is 25.0 Å². The molecule has 7 heteroatoms. The maximum absolute atomic E-state index is 13.4. The number of nitrogens with two attached hydrogens (primary N) is 1. The summed E-state index contributed by atoms with van der Waals surface area (Å²) in [5.41, 5.74) is 5.75. The molecule has 1 aliphatic carbocycles. The van der Waals surface area contributed by atoms with E-state index in [1.54, 1.807) is 11.9 Å². The molecular weight excluding hydrogens is 325 g/mol. The largest absolute Gasteiger partial charge is 0.382 e. The molecule has 130 valence electrons. The van der Waals surface area contributed by atoms with Crippen molar-refractivity contribution in [3.63, 3.8) is 0 Å². The minimum Gasteiger partial charge on any atom is -0.382 e. The second-order valence-corrected chi connectivity index (χ2v) is 6.13. The van der Waals surface area contributed by atoms with Crippen LogP contribution in [0, 0.1) is 5.82 Å². The number of primary amides is 1. The molecule has 3 N–H and O–H groups in total. The van der Waals surface area contributed by atoms with E-state index in [9.17, 15) is 19.1 Å². The molecule has 1 fully saturated rings. The number of rotatable bonds is 5. The van der Waals surface area contributed by atoms with Gasteiger partial charge in [0.2, 0.25) is 5.91 Å². The number of nitrogens with zero attached hydrogens (tertiary/aromatic N) is 2. The molecule has 2 aromatic rings. The topological polar surface area (TPSA) is 96.5 Å². The van der Waals surface area contributed by atoms with Gasteiger partial charge >= 0.3 is 0 Å². The Balaban J connectivity index is 2.00. The third kappa shape index (κ3) is 3.66. The van der Waals surface area contributed by atoms with Gasteiger partial charge in [0.05, 0.1) is 5.69 Å². The van der Waals surface area contributed by atoms with Crippen molar-refractivity contribution in [2.75, 3.05) is 7.05 Å². The molecule has 25 heavy (non-hydrogen) atoms. The molecule has 1 atom stereocenters. The summed E-state index contributed by atoms with van der Waals surface area (Å²) >= 11 is 0. The third-order valence-electron chi connectivity index (χ3n) is 4.21. The number of aliphatic hydroxyl groups excluding tert-OH is 1. The van der Waals surface area contributed by atoms with E-state index < -0.39 is 17.8 Å². The van der Waals surface area contributed by atoms with Crippen LogP contribution in [0.1, 0.15) is 51.0 Å². The Morgan fingerprint density at radius 2 is 2.04 bits per heavy atom. The summed E-state index contributed by atoms with van der Waals surface area (Å²) in [5, 5.41) is 10.5. The molecule has 0 saturated heterocycles. The van der Waals surface area contributed by atoms with Crippen LogP contribution in [0.2, 0.25) is 0 Å². The standard InChI is InChI=1S/C18H18FN3O3/c1-22(13-5-6-13)18(25)15-9-11(17(20)24)8-14(21-15)16(23)10-3-2-4-12(19)7-10/h2-4,7-9,13,16,23H,5-6H2,1H3,(H2,20,24). The van der Waals surface area contributed by atoms with Crippen molar-refractivity contribution in [3.8, 4) is 0 Å². The highest BCUT2D eigenvalue weighted by Crippen LogP contribution is 2.27. The fourth-order valence-corrected chi connectivity index (χ4v) is 2.60. The minimum atomic E-state index is -1.28. The van der Waals surface area contributed by atoms with Gasteiger partial charge in [-0.05, 0) is 42.7 Å². The van der Waals surface area contributed by atoms with E-state index >= 15 is 0 Å². The Morgan fingerprint density at radius 3 is 2.64 bits per heavy atom. The van der Waals surface area contributed by atoms with Crippen molar-refractivity contribution < 1.29 is 19.1 Å². The minimum absolute atomic E-state index is 0.0242. The first kappa shape index (κ1) is 17.0. The van der Waals surface area contributed by atoms with Gasteiger partial charge in [0.15, 0.2) is 0 Å². The van der Waals surface area contributed by atoms with Crippen LogP contribution in [-0.4, -0.2) is 39.9 Å². The van der Waals surface area contributed by atoms with E-state index in [0.717, 1.165) is 12.8 Å². The molecule has 1 aliphatic rings. The van der Waals surface area contributed by atoms with Gasteiger partial charge in [0, 0.05) is 18.7 Å². The average molecular weight is 343 g/mol. The number of amides is 2. The molecule has 6 nitrogen and oxygen atoms in total. The molecule has 0 radical (unpaired) electrons. The number of carbonyl (C=O) groups excluding carboxylic acids is 2. The second kappa shape index (κ2) is 6.60. The van der Waals surface area contributed by atoms with E-state index in [2.05, 4.69) is 4.98 Å². The molecule has 1 unspecified atom stereocenters. The zero-order chi connectivity index (χ0) is 18.1. The molecule has 0 aliphatic heterocycles. The van der Waals surface area contributed by atoms with Crippen LogP contribution in [0.5, 0.6) is 0 Å². The molecule has 3 rings (SSSR count). The van der Waals surface area contributed by atoms with Gasteiger partial charge in [-0.3, -0.25) is 9.59 Å². The maximum Gasteiger partial charge on any atom is 0.272 e. The molecule has 1 aromatic heterocycles. The van der Waals surface area contributed by atoms with Gasteiger partial charge < -0.3 is 15.7 Å². The smallest absolute Gasteiger partial charge is 0.272 e. The first-order chi connectivity index (χ1) is 11.9. The van der Waals surface area contributed by atoms with Crippen molar-refractivity contribution in [1.82, 2.24) is 9.88 Å². The number of pyridine rings is 1. The van der Waals surface area contributed by atoms with Gasteiger partial charge in [0.1, 0.15) is 17.6 Å². The van der Waals surface area contributed by atoms with Crippen molar-refractivity contribution in [1.29, 1.82) is 0 Å². The Kier molecular flexibility index (Phi) is 4.50. The normalized spacial score (nSPS) is 14.8. The van der Waals surface area contributed by atoms with Gasteiger partial charge in [0.25, 0.3) is 5.91 Å². The van der Waals surface area contributed by atoms with Crippen LogP contribution in [0.3, 0.4) is 0 Å². The first-order valence-electron chi connectivity index (χ1n) is 7.89. The lowest BCUT2D eigenvalue weighted by Gasteiger charge is -2.18. The van der Waals surface area contributed by atoms with Gasteiger partial charge in [-0.1, -0.05) is 12.1 Å². The summed E-state index contributed by atoms with van der Waals surface area (Å²) in [6, 6.07) is 8.20. The Morgan fingerprint density at radius 1 is 1.32 bits per heavy atom. The number of carbonyl (C=O) groups is 2. The van der Waals surface area contributed by atoms with Gasteiger partial charge in [-0.25, -0.2) is 9.37 Å². The van der Waals surface area contributed by atoms with Crippen molar-refractivity contribution in [2.24, 2.45) is 5.73 Å². The molecule has 1 saturated carbocycles. The van der Waals surface area contributed by atoms with Gasteiger partial charge in [-0.2, -0.15) is 0 Å². The maximum atomic E-state index is 13.4. The van der Waals surface area contributed by atoms with Crippen LogP contribution in [0.15, 0.2) is 36.4 Å². The SMILES string of the molecule is CN(C(=O)c1cc(C(N)=O)cc(C(O)c2cccc(F)c2)n1)C1CC1. The van der Waals surface area contributed by atoms with Crippen molar-refractivity contribution in [3.05, 3.63) is 64.7 Å². The summed E-state index contributed by atoms with van der Waals surface area (Å²) in [6.07, 6.45) is 0.570. The monoisotopic (exact) mass is 343 g/mol. The number of hydrogen-bond acceptors (Lipinski definition) is 4. The summed E-state index contributed by atoms with van der Waals surface area (Å²) in [7, 11) is 1.67. The quantitative estimate of drug-likeness (QED) is 0.862. The lowest BCUT2D eigenvalue weighted by molar-refractivity contribution is 0.0778. The number of aliphatic hydroxyl groups is 1. The van der Waals surface area contributed by atoms with Crippen LogP contribution in [-0.2, 0) is 0 Å². The van der Waals surface area contributed by atoms with E-state index in [1.807, 2.05) is 0 Å². The molecule has 0 spiro atoms. The zero-order valence-corrected chi connectivity index (χ0v) is 13.6. The van der Waals surface area contributed by atoms with Gasteiger partial charge in [-0.15, -0.1) is 0 Å². The lowest BCUT2D eigenvalue weighted by atomic mass is 10.0. The van der Waals surface area contributed by atoms with E-state index in [4.69, 9.17) is 5.73 Å². The van der Waals surface area contributed by atoms with Crippen LogP contribution >= 0.6 is 0 Å². The Bertz CT molecular complexity index is 836. The molecular formula is C18H18FN3O3. The molecule has 2 amide bonds. The van der Waals surface area contributed by atoms with Crippen LogP contribution < -0.4 is 5.73 Å².